The number of ether oxygens (including phenoxy) is 1. The standard InChI is InChI=1S/C19H23N3O2S/c1-5-10-22(12-16-6-8-17(24-4)9-7-16)18(23)13-25-19-20-14(2)11-15(3)21-19/h5-9,11H,1,10,12-13H2,2-4H3. The van der Waals surface area contributed by atoms with Gasteiger partial charge in [0.1, 0.15) is 5.75 Å². The molecule has 1 heterocycles. The summed E-state index contributed by atoms with van der Waals surface area (Å²) in [5.41, 5.74) is 2.86. The number of thioether (sulfide) groups is 1. The van der Waals surface area contributed by atoms with Crippen molar-refractivity contribution >= 4 is 17.7 Å². The van der Waals surface area contributed by atoms with Gasteiger partial charge in [-0.05, 0) is 37.6 Å². The number of hydrogen-bond donors (Lipinski definition) is 0. The zero-order valence-corrected chi connectivity index (χ0v) is 15.7. The number of aromatic nitrogens is 2. The van der Waals surface area contributed by atoms with Crippen LogP contribution in [0.5, 0.6) is 5.75 Å². The smallest absolute Gasteiger partial charge is 0.233 e. The fourth-order valence-electron chi connectivity index (χ4n) is 2.34. The molecule has 0 aliphatic heterocycles. The summed E-state index contributed by atoms with van der Waals surface area (Å²) in [5, 5.41) is 0.633. The lowest BCUT2D eigenvalue weighted by molar-refractivity contribution is -0.128. The molecule has 132 valence electrons. The summed E-state index contributed by atoms with van der Waals surface area (Å²) in [4.78, 5) is 23.1. The molecule has 0 radical (unpaired) electrons. The minimum atomic E-state index is 0.0310. The molecule has 1 aromatic carbocycles. The quantitative estimate of drug-likeness (QED) is 0.412. The molecule has 0 aliphatic rings. The summed E-state index contributed by atoms with van der Waals surface area (Å²) < 4.78 is 5.16. The molecule has 2 rings (SSSR count). The van der Waals surface area contributed by atoms with Gasteiger partial charge in [-0.15, -0.1) is 6.58 Å². The van der Waals surface area contributed by atoms with E-state index in [0.29, 0.717) is 24.0 Å². The van der Waals surface area contributed by atoms with Crippen molar-refractivity contribution in [3.05, 3.63) is 59.9 Å². The molecule has 1 amide bonds. The van der Waals surface area contributed by atoms with Crippen molar-refractivity contribution in [3.8, 4) is 5.75 Å². The van der Waals surface area contributed by atoms with E-state index in [4.69, 9.17) is 4.74 Å². The number of aryl methyl sites for hydroxylation is 2. The Morgan fingerprint density at radius 1 is 1.24 bits per heavy atom. The average Bonchev–Trinajstić information content (AvgIpc) is 2.59. The van der Waals surface area contributed by atoms with Gasteiger partial charge in [0.2, 0.25) is 5.91 Å². The molecule has 0 unspecified atom stereocenters. The van der Waals surface area contributed by atoms with Crippen LogP contribution in [-0.4, -0.2) is 40.2 Å². The monoisotopic (exact) mass is 357 g/mol. The highest BCUT2D eigenvalue weighted by Crippen LogP contribution is 2.17. The summed E-state index contributed by atoms with van der Waals surface area (Å²) >= 11 is 1.36. The van der Waals surface area contributed by atoms with Gasteiger partial charge in [0.05, 0.1) is 12.9 Å². The van der Waals surface area contributed by atoms with Crippen LogP contribution in [0.2, 0.25) is 0 Å². The van der Waals surface area contributed by atoms with Crippen LogP contribution in [0.25, 0.3) is 0 Å². The van der Waals surface area contributed by atoms with Crippen molar-refractivity contribution in [2.24, 2.45) is 0 Å². The highest BCUT2D eigenvalue weighted by atomic mass is 32.2. The van der Waals surface area contributed by atoms with Gasteiger partial charge in [0.25, 0.3) is 0 Å². The van der Waals surface area contributed by atoms with Gasteiger partial charge >= 0.3 is 0 Å². The summed E-state index contributed by atoms with van der Waals surface area (Å²) in [6.45, 7) is 8.63. The predicted octanol–water partition coefficient (Wildman–Crippen LogP) is 3.41. The molecule has 0 fully saturated rings. The molecule has 5 nitrogen and oxygen atoms in total. The Morgan fingerprint density at radius 2 is 1.88 bits per heavy atom. The summed E-state index contributed by atoms with van der Waals surface area (Å²) in [7, 11) is 1.63. The Hall–Kier alpha value is -2.34. The van der Waals surface area contributed by atoms with Gasteiger partial charge in [0, 0.05) is 24.5 Å². The Labute approximate surface area is 153 Å². The lowest BCUT2D eigenvalue weighted by Crippen LogP contribution is -2.32. The van der Waals surface area contributed by atoms with Crippen LogP contribution in [0, 0.1) is 13.8 Å². The molecule has 2 aromatic rings. The minimum Gasteiger partial charge on any atom is -0.497 e. The first-order valence-electron chi connectivity index (χ1n) is 7.98. The zero-order chi connectivity index (χ0) is 18.2. The molecule has 0 atom stereocenters. The van der Waals surface area contributed by atoms with Crippen LogP contribution in [0.4, 0.5) is 0 Å². The maximum atomic E-state index is 12.6. The maximum absolute atomic E-state index is 12.6. The van der Waals surface area contributed by atoms with Crippen molar-refractivity contribution < 1.29 is 9.53 Å². The molecule has 0 aliphatic carbocycles. The van der Waals surface area contributed by atoms with Crippen LogP contribution >= 0.6 is 11.8 Å². The van der Waals surface area contributed by atoms with E-state index >= 15 is 0 Å². The number of rotatable bonds is 8. The van der Waals surface area contributed by atoms with Crippen LogP contribution in [0.15, 0.2) is 48.1 Å². The SMILES string of the molecule is C=CCN(Cc1ccc(OC)cc1)C(=O)CSc1nc(C)cc(C)n1. The largest absolute Gasteiger partial charge is 0.497 e. The normalized spacial score (nSPS) is 10.4. The third kappa shape index (κ3) is 5.90. The summed E-state index contributed by atoms with van der Waals surface area (Å²) in [6.07, 6.45) is 1.74. The van der Waals surface area contributed by atoms with Gasteiger partial charge in [-0.25, -0.2) is 9.97 Å². The molecule has 0 saturated carbocycles. The molecular formula is C19H23N3O2S. The van der Waals surface area contributed by atoms with Crippen molar-refractivity contribution in [1.29, 1.82) is 0 Å². The third-order valence-corrected chi connectivity index (χ3v) is 4.35. The van der Waals surface area contributed by atoms with Gasteiger partial charge in [0.15, 0.2) is 5.16 Å². The molecule has 0 spiro atoms. The molecule has 0 bridgehead atoms. The van der Waals surface area contributed by atoms with E-state index in [2.05, 4.69) is 16.5 Å². The van der Waals surface area contributed by atoms with E-state index in [1.165, 1.54) is 11.8 Å². The second-order valence-corrected chi connectivity index (χ2v) is 6.58. The lowest BCUT2D eigenvalue weighted by Gasteiger charge is -2.21. The van der Waals surface area contributed by atoms with Crippen LogP contribution in [-0.2, 0) is 11.3 Å². The Bertz CT molecular complexity index is 712. The Balaban J connectivity index is 1.99. The van der Waals surface area contributed by atoms with Crippen molar-refractivity contribution in [2.45, 2.75) is 25.5 Å². The van der Waals surface area contributed by atoms with E-state index in [0.717, 1.165) is 22.7 Å². The van der Waals surface area contributed by atoms with Gasteiger partial charge in [-0.1, -0.05) is 30.0 Å². The fraction of sp³-hybridized carbons (Fsp3) is 0.316. The number of carbonyl (C=O) groups excluding carboxylic acids is 1. The second kappa shape index (κ2) is 9.22. The number of benzene rings is 1. The van der Waals surface area contributed by atoms with E-state index in [1.807, 2.05) is 44.2 Å². The second-order valence-electron chi connectivity index (χ2n) is 5.63. The van der Waals surface area contributed by atoms with Crippen molar-refractivity contribution in [1.82, 2.24) is 14.9 Å². The number of carbonyl (C=O) groups is 1. The number of amides is 1. The topological polar surface area (TPSA) is 55.3 Å². The van der Waals surface area contributed by atoms with E-state index in [1.54, 1.807) is 18.1 Å². The van der Waals surface area contributed by atoms with E-state index in [-0.39, 0.29) is 5.91 Å². The van der Waals surface area contributed by atoms with Crippen LogP contribution in [0.1, 0.15) is 17.0 Å². The van der Waals surface area contributed by atoms with Crippen molar-refractivity contribution in [3.63, 3.8) is 0 Å². The highest BCUT2D eigenvalue weighted by Gasteiger charge is 2.14. The van der Waals surface area contributed by atoms with Crippen molar-refractivity contribution in [2.75, 3.05) is 19.4 Å². The van der Waals surface area contributed by atoms with Crippen LogP contribution in [0.3, 0.4) is 0 Å². The first-order valence-corrected chi connectivity index (χ1v) is 8.97. The first kappa shape index (κ1) is 19.0. The van der Waals surface area contributed by atoms with E-state index in [9.17, 15) is 4.79 Å². The molecule has 6 heteroatoms. The first-order chi connectivity index (χ1) is 12.0. The molecule has 1 aromatic heterocycles. The molecular weight excluding hydrogens is 334 g/mol. The zero-order valence-electron chi connectivity index (χ0n) is 14.9. The van der Waals surface area contributed by atoms with Crippen LogP contribution < -0.4 is 4.74 Å². The molecule has 0 N–H and O–H groups in total. The lowest BCUT2D eigenvalue weighted by atomic mass is 10.2. The van der Waals surface area contributed by atoms with Gasteiger partial charge < -0.3 is 9.64 Å². The minimum absolute atomic E-state index is 0.0310. The maximum Gasteiger partial charge on any atom is 0.233 e. The number of hydrogen-bond acceptors (Lipinski definition) is 5. The van der Waals surface area contributed by atoms with Gasteiger partial charge in [-0.2, -0.15) is 0 Å². The van der Waals surface area contributed by atoms with E-state index < -0.39 is 0 Å². The molecule has 25 heavy (non-hydrogen) atoms. The highest BCUT2D eigenvalue weighted by molar-refractivity contribution is 7.99. The number of methoxy groups -OCH3 is 1. The molecule has 0 saturated heterocycles. The number of nitrogens with zero attached hydrogens (tertiary/aromatic N) is 3. The third-order valence-electron chi connectivity index (χ3n) is 3.52. The summed E-state index contributed by atoms with van der Waals surface area (Å²) in [5.74, 6) is 1.13. The average molecular weight is 357 g/mol. The predicted molar refractivity (Wildman–Crippen MR) is 101 cm³/mol. The Morgan fingerprint density at radius 3 is 2.44 bits per heavy atom. The summed E-state index contributed by atoms with van der Waals surface area (Å²) in [6, 6.07) is 9.62. The Kier molecular flexibility index (Phi) is 7.01. The van der Waals surface area contributed by atoms with Gasteiger partial charge in [-0.3, -0.25) is 4.79 Å². The fourth-order valence-corrected chi connectivity index (χ4v) is 3.19.